The van der Waals surface area contributed by atoms with Crippen LogP contribution < -0.4 is 10.1 Å². The molecule has 2 aromatic rings. The second-order valence-electron chi connectivity index (χ2n) is 6.90. The summed E-state index contributed by atoms with van der Waals surface area (Å²) in [5, 5.41) is 4.88. The number of fused-ring (bicyclic) bond motifs is 1. The number of amides is 1. The number of carbonyl (C=O) groups excluding carboxylic acids is 2. The van der Waals surface area contributed by atoms with Crippen molar-refractivity contribution in [3.05, 3.63) is 42.0 Å². The van der Waals surface area contributed by atoms with Gasteiger partial charge in [-0.2, -0.15) is 0 Å². The topological polar surface area (TPSA) is 64.6 Å². The standard InChI is InChI=1S/C21H27NO4/c1-13(2)15(4)22-20(23)12-26-21(24)14(3)16-6-7-18-11-19(25-5)9-8-17(18)10-16/h6-11,13-15H,12H2,1-5H3,(H,22,23)/t14-,15-/m0/s1. The summed E-state index contributed by atoms with van der Waals surface area (Å²) in [5.41, 5.74) is 0.851. The van der Waals surface area contributed by atoms with Crippen molar-refractivity contribution in [3.8, 4) is 5.75 Å². The number of ether oxygens (including phenoxy) is 2. The minimum absolute atomic E-state index is 0.0381. The van der Waals surface area contributed by atoms with Gasteiger partial charge in [-0.25, -0.2) is 0 Å². The number of rotatable bonds is 7. The molecule has 140 valence electrons. The van der Waals surface area contributed by atoms with Crippen LogP contribution in [0.3, 0.4) is 0 Å². The smallest absolute Gasteiger partial charge is 0.313 e. The van der Waals surface area contributed by atoms with Crippen molar-refractivity contribution >= 4 is 22.6 Å². The van der Waals surface area contributed by atoms with Crippen LogP contribution in [0.4, 0.5) is 0 Å². The zero-order valence-electron chi connectivity index (χ0n) is 16.0. The monoisotopic (exact) mass is 357 g/mol. The molecule has 0 fully saturated rings. The minimum Gasteiger partial charge on any atom is -0.497 e. The molecule has 5 nitrogen and oxygen atoms in total. The summed E-state index contributed by atoms with van der Waals surface area (Å²) < 4.78 is 10.4. The van der Waals surface area contributed by atoms with Crippen LogP contribution in [0.25, 0.3) is 10.8 Å². The van der Waals surface area contributed by atoms with Gasteiger partial charge in [0.25, 0.3) is 5.91 Å². The molecule has 2 aromatic carbocycles. The average Bonchev–Trinajstić information content (AvgIpc) is 2.64. The molecule has 0 saturated carbocycles. The quantitative estimate of drug-likeness (QED) is 0.768. The maximum atomic E-state index is 12.3. The van der Waals surface area contributed by atoms with Crippen LogP contribution >= 0.6 is 0 Å². The maximum absolute atomic E-state index is 12.3. The van der Waals surface area contributed by atoms with Gasteiger partial charge in [0.05, 0.1) is 13.0 Å². The number of benzene rings is 2. The van der Waals surface area contributed by atoms with E-state index in [1.807, 2.05) is 57.2 Å². The Balaban J connectivity index is 1.99. The van der Waals surface area contributed by atoms with Crippen molar-refractivity contribution in [3.63, 3.8) is 0 Å². The first-order valence-corrected chi connectivity index (χ1v) is 8.85. The minimum atomic E-state index is -0.447. The summed E-state index contributed by atoms with van der Waals surface area (Å²) >= 11 is 0. The summed E-state index contributed by atoms with van der Waals surface area (Å²) in [6.45, 7) is 7.49. The van der Waals surface area contributed by atoms with Crippen molar-refractivity contribution in [2.24, 2.45) is 5.92 Å². The predicted octanol–water partition coefficient (Wildman–Crippen LogP) is 3.66. The molecule has 2 rings (SSSR count). The first kappa shape index (κ1) is 19.8. The molecule has 26 heavy (non-hydrogen) atoms. The fourth-order valence-corrected chi connectivity index (χ4v) is 2.50. The van der Waals surface area contributed by atoms with E-state index in [4.69, 9.17) is 9.47 Å². The van der Waals surface area contributed by atoms with E-state index in [0.717, 1.165) is 22.1 Å². The van der Waals surface area contributed by atoms with E-state index in [1.54, 1.807) is 14.0 Å². The molecule has 0 aliphatic carbocycles. The Morgan fingerprint density at radius 2 is 1.65 bits per heavy atom. The van der Waals surface area contributed by atoms with Crippen LogP contribution in [-0.4, -0.2) is 31.6 Å². The Morgan fingerprint density at radius 3 is 2.31 bits per heavy atom. The lowest BCUT2D eigenvalue weighted by Gasteiger charge is -2.18. The number of esters is 1. The fraction of sp³-hybridized carbons (Fsp3) is 0.429. The highest BCUT2D eigenvalue weighted by atomic mass is 16.5. The first-order valence-electron chi connectivity index (χ1n) is 8.85. The van der Waals surface area contributed by atoms with Gasteiger partial charge >= 0.3 is 5.97 Å². The van der Waals surface area contributed by atoms with Gasteiger partial charge in [0.15, 0.2) is 6.61 Å². The average molecular weight is 357 g/mol. The summed E-state index contributed by atoms with van der Waals surface area (Å²) in [6, 6.07) is 11.6. The van der Waals surface area contributed by atoms with Gasteiger partial charge in [-0.1, -0.05) is 38.1 Å². The van der Waals surface area contributed by atoms with E-state index in [1.165, 1.54) is 0 Å². The van der Waals surface area contributed by atoms with Crippen LogP contribution in [-0.2, 0) is 14.3 Å². The lowest BCUT2D eigenvalue weighted by molar-refractivity contribution is -0.149. The van der Waals surface area contributed by atoms with Crippen molar-refractivity contribution in [1.29, 1.82) is 0 Å². The molecule has 0 saturated heterocycles. The van der Waals surface area contributed by atoms with Crippen LogP contribution in [0.5, 0.6) is 5.75 Å². The third-order valence-electron chi connectivity index (χ3n) is 4.66. The second kappa shape index (κ2) is 8.70. The van der Waals surface area contributed by atoms with E-state index in [-0.39, 0.29) is 18.6 Å². The molecule has 0 unspecified atom stereocenters. The van der Waals surface area contributed by atoms with Crippen LogP contribution in [0, 0.1) is 5.92 Å². The zero-order chi connectivity index (χ0) is 19.3. The number of hydrogen-bond acceptors (Lipinski definition) is 4. The zero-order valence-corrected chi connectivity index (χ0v) is 16.0. The van der Waals surface area contributed by atoms with Gasteiger partial charge < -0.3 is 14.8 Å². The molecular formula is C21H27NO4. The SMILES string of the molecule is COc1ccc2cc([C@H](C)C(=O)OCC(=O)N[C@@H](C)C(C)C)ccc2c1. The van der Waals surface area contributed by atoms with Crippen molar-refractivity contribution in [2.45, 2.75) is 39.7 Å². The van der Waals surface area contributed by atoms with Gasteiger partial charge in [-0.05, 0) is 48.2 Å². The second-order valence-corrected chi connectivity index (χ2v) is 6.90. The lowest BCUT2D eigenvalue weighted by Crippen LogP contribution is -2.39. The van der Waals surface area contributed by atoms with Crippen molar-refractivity contribution in [2.75, 3.05) is 13.7 Å². The van der Waals surface area contributed by atoms with Gasteiger partial charge in [0.1, 0.15) is 5.75 Å². The molecule has 0 spiro atoms. The molecule has 1 N–H and O–H groups in total. The Hall–Kier alpha value is -2.56. The van der Waals surface area contributed by atoms with Crippen LogP contribution in [0.15, 0.2) is 36.4 Å². The fourth-order valence-electron chi connectivity index (χ4n) is 2.50. The predicted molar refractivity (Wildman–Crippen MR) is 102 cm³/mol. The Bertz CT molecular complexity index is 785. The first-order chi connectivity index (χ1) is 12.3. The maximum Gasteiger partial charge on any atom is 0.313 e. The third-order valence-corrected chi connectivity index (χ3v) is 4.66. The summed E-state index contributed by atoms with van der Waals surface area (Å²) in [5.74, 6) is -0.0245. The van der Waals surface area contributed by atoms with E-state index in [0.29, 0.717) is 5.92 Å². The molecule has 5 heteroatoms. The Kier molecular flexibility index (Phi) is 6.61. The molecule has 2 atom stereocenters. The van der Waals surface area contributed by atoms with Gasteiger partial charge in [0, 0.05) is 6.04 Å². The van der Waals surface area contributed by atoms with Gasteiger partial charge in [0.2, 0.25) is 0 Å². The molecule has 1 amide bonds. The molecule has 0 radical (unpaired) electrons. The largest absolute Gasteiger partial charge is 0.497 e. The van der Waals surface area contributed by atoms with Crippen LogP contribution in [0.1, 0.15) is 39.2 Å². The normalized spacial score (nSPS) is 13.3. The van der Waals surface area contributed by atoms with E-state index >= 15 is 0 Å². The van der Waals surface area contributed by atoms with Gasteiger partial charge in [-0.3, -0.25) is 9.59 Å². The van der Waals surface area contributed by atoms with E-state index < -0.39 is 11.9 Å². The molecule has 0 heterocycles. The van der Waals surface area contributed by atoms with E-state index in [2.05, 4.69) is 5.32 Å². The Morgan fingerprint density at radius 1 is 1.00 bits per heavy atom. The summed E-state index contributed by atoms with van der Waals surface area (Å²) in [6.07, 6.45) is 0. The number of carbonyl (C=O) groups is 2. The highest BCUT2D eigenvalue weighted by Crippen LogP contribution is 2.25. The molecule has 0 bridgehead atoms. The Labute approximate surface area is 154 Å². The number of methoxy groups -OCH3 is 1. The molecule has 0 aliphatic heterocycles. The molecule has 0 aliphatic rings. The number of hydrogen-bond donors (Lipinski definition) is 1. The van der Waals surface area contributed by atoms with E-state index in [9.17, 15) is 9.59 Å². The number of nitrogens with one attached hydrogen (secondary N) is 1. The molecule has 0 aromatic heterocycles. The van der Waals surface area contributed by atoms with Crippen molar-refractivity contribution < 1.29 is 19.1 Å². The third kappa shape index (κ3) is 4.97. The lowest BCUT2D eigenvalue weighted by atomic mass is 9.98. The van der Waals surface area contributed by atoms with Crippen molar-refractivity contribution in [1.82, 2.24) is 5.32 Å². The van der Waals surface area contributed by atoms with Gasteiger partial charge in [-0.15, -0.1) is 0 Å². The highest BCUT2D eigenvalue weighted by Gasteiger charge is 2.19. The molecular weight excluding hydrogens is 330 g/mol. The summed E-state index contributed by atoms with van der Waals surface area (Å²) in [4.78, 5) is 24.1. The summed E-state index contributed by atoms with van der Waals surface area (Å²) in [7, 11) is 1.63. The highest BCUT2D eigenvalue weighted by molar-refractivity contribution is 5.87. The van der Waals surface area contributed by atoms with Crippen LogP contribution in [0.2, 0.25) is 0 Å².